The van der Waals surface area contributed by atoms with Gasteiger partial charge in [0.2, 0.25) is 11.8 Å². The Morgan fingerprint density at radius 3 is 2.39 bits per heavy atom. The van der Waals surface area contributed by atoms with E-state index >= 15 is 0 Å². The van der Waals surface area contributed by atoms with Gasteiger partial charge in [0.25, 0.3) is 0 Å². The van der Waals surface area contributed by atoms with E-state index in [2.05, 4.69) is 41.7 Å². The van der Waals surface area contributed by atoms with E-state index in [1.165, 1.54) is 11.1 Å². The Bertz CT molecular complexity index is 983. The highest BCUT2D eigenvalue weighted by Crippen LogP contribution is 2.43. The smallest absolute Gasteiger partial charge is 0.245 e. The summed E-state index contributed by atoms with van der Waals surface area (Å²) in [6, 6.07) is 17.7. The summed E-state index contributed by atoms with van der Waals surface area (Å²) in [5.74, 6) is -0.352. The zero-order valence-corrected chi connectivity index (χ0v) is 18.3. The lowest BCUT2D eigenvalue weighted by Crippen LogP contribution is -2.58. The molecule has 5 nitrogen and oxygen atoms in total. The molecular weight excluding hydrogens is 386 g/mol. The minimum absolute atomic E-state index is 0.0186. The van der Waals surface area contributed by atoms with Gasteiger partial charge in [-0.2, -0.15) is 0 Å². The van der Waals surface area contributed by atoms with Crippen LogP contribution in [0.1, 0.15) is 43.4 Å². The van der Waals surface area contributed by atoms with Crippen molar-refractivity contribution in [2.24, 2.45) is 5.73 Å². The molecule has 4 rings (SSSR count). The number of rotatable bonds is 5. The molecule has 162 valence electrons. The van der Waals surface area contributed by atoms with Crippen LogP contribution in [0.5, 0.6) is 0 Å². The number of nitrogens with zero attached hydrogens (tertiary/aromatic N) is 1. The molecule has 1 fully saturated rings. The lowest BCUT2D eigenvalue weighted by atomic mass is 9.74. The number of fused-ring (bicyclic) bond motifs is 2. The highest BCUT2D eigenvalue weighted by Gasteiger charge is 2.40. The molecule has 1 heterocycles. The number of benzene rings is 2. The van der Waals surface area contributed by atoms with Gasteiger partial charge in [-0.1, -0.05) is 66.7 Å². The van der Waals surface area contributed by atoms with Gasteiger partial charge in [-0.15, -0.1) is 0 Å². The van der Waals surface area contributed by atoms with Crippen LogP contribution in [0.2, 0.25) is 0 Å². The van der Waals surface area contributed by atoms with Crippen molar-refractivity contribution in [2.75, 3.05) is 13.1 Å². The van der Waals surface area contributed by atoms with Gasteiger partial charge in [-0.3, -0.25) is 9.59 Å². The van der Waals surface area contributed by atoms with Crippen molar-refractivity contribution in [1.29, 1.82) is 0 Å². The van der Waals surface area contributed by atoms with Crippen LogP contribution in [0.15, 0.2) is 60.7 Å². The van der Waals surface area contributed by atoms with Crippen molar-refractivity contribution < 1.29 is 9.59 Å². The summed E-state index contributed by atoms with van der Waals surface area (Å²) in [5, 5.41) is 2.91. The van der Waals surface area contributed by atoms with Gasteiger partial charge in [0.05, 0.1) is 5.54 Å². The Morgan fingerprint density at radius 2 is 1.71 bits per heavy atom. The minimum Gasteiger partial charge on any atom is -0.342 e. The lowest BCUT2D eigenvalue weighted by molar-refractivity contribution is -0.138. The fraction of sp³-hybridized carbons (Fsp3) is 0.385. The van der Waals surface area contributed by atoms with Crippen molar-refractivity contribution in [1.82, 2.24) is 10.2 Å². The fourth-order valence-corrected chi connectivity index (χ4v) is 4.61. The quantitative estimate of drug-likeness (QED) is 0.785. The van der Waals surface area contributed by atoms with Gasteiger partial charge in [-0.25, -0.2) is 0 Å². The summed E-state index contributed by atoms with van der Waals surface area (Å²) >= 11 is 0. The SMILES string of the molecule is CC(C)(N)C(=O)NC(Cc1ccccc1)C(=O)N1CCC2(C=Cc3ccccc32)CC1. The standard InChI is InChI=1S/C26H31N3O2/c1-25(2,27)24(31)28-22(18-19-8-4-3-5-9-19)23(30)29-16-14-26(15-17-29)13-12-20-10-6-7-11-21(20)26/h3-13,22H,14-18,27H2,1-2H3,(H,28,31). The maximum Gasteiger partial charge on any atom is 0.245 e. The highest BCUT2D eigenvalue weighted by atomic mass is 16.2. The average Bonchev–Trinajstić information content (AvgIpc) is 3.12. The number of nitrogens with one attached hydrogen (secondary N) is 1. The molecule has 3 N–H and O–H groups in total. The molecule has 31 heavy (non-hydrogen) atoms. The molecule has 0 aromatic heterocycles. The molecule has 1 aliphatic heterocycles. The van der Waals surface area contributed by atoms with Crippen LogP contribution < -0.4 is 11.1 Å². The molecule has 1 spiro atoms. The lowest BCUT2D eigenvalue weighted by Gasteiger charge is -2.40. The summed E-state index contributed by atoms with van der Waals surface area (Å²) in [5.41, 5.74) is 8.61. The first-order valence-electron chi connectivity index (χ1n) is 11.0. The number of allylic oxidation sites excluding steroid dienone is 1. The second kappa shape index (κ2) is 8.31. The molecule has 2 aromatic carbocycles. The third kappa shape index (κ3) is 4.42. The first-order valence-corrected chi connectivity index (χ1v) is 11.0. The molecule has 1 aliphatic carbocycles. The number of amides is 2. The summed E-state index contributed by atoms with van der Waals surface area (Å²) in [6.45, 7) is 4.65. The fourth-order valence-electron chi connectivity index (χ4n) is 4.61. The van der Waals surface area contributed by atoms with E-state index < -0.39 is 11.6 Å². The van der Waals surface area contributed by atoms with Crippen molar-refractivity contribution in [3.8, 4) is 0 Å². The number of carbonyl (C=O) groups is 2. The van der Waals surface area contributed by atoms with Crippen LogP contribution in [-0.4, -0.2) is 41.4 Å². The first kappa shape index (κ1) is 21.3. The van der Waals surface area contributed by atoms with Gasteiger partial charge in [0.15, 0.2) is 0 Å². The van der Waals surface area contributed by atoms with E-state index in [0.717, 1.165) is 18.4 Å². The Hall–Kier alpha value is -2.92. The van der Waals surface area contributed by atoms with Gasteiger partial charge in [-0.05, 0) is 43.4 Å². The first-order chi connectivity index (χ1) is 14.8. The van der Waals surface area contributed by atoms with E-state index in [1.807, 2.05) is 35.2 Å². The predicted octanol–water partition coefficient (Wildman–Crippen LogP) is 3.04. The van der Waals surface area contributed by atoms with Crippen molar-refractivity contribution in [3.05, 3.63) is 77.4 Å². The Kier molecular flexibility index (Phi) is 5.71. The number of nitrogens with two attached hydrogens (primary N) is 1. The number of likely N-dealkylation sites (tertiary alicyclic amines) is 1. The molecule has 1 atom stereocenters. The average molecular weight is 418 g/mol. The number of hydrogen-bond donors (Lipinski definition) is 2. The molecule has 2 aromatic rings. The van der Waals surface area contributed by atoms with Crippen molar-refractivity contribution >= 4 is 17.9 Å². The zero-order valence-electron chi connectivity index (χ0n) is 18.3. The van der Waals surface area contributed by atoms with Crippen molar-refractivity contribution in [3.63, 3.8) is 0 Å². The molecule has 5 heteroatoms. The molecule has 0 saturated carbocycles. The van der Waals surface area contributed by atoms with Gasteiger partial charge in [0.1, 0.15) is 6.04 Å². The van der Waals surface area contributed by atoms with E-state index in [0.29, 0.717) is 19.5 Å². The zero-order chi connectivity index (χ0) is 22.1. The highest BCUT2D eigenvalue weighted by molar-refractivity contribution is 5.91. The molecule has 2 aliphatic rings. The molecule has 0 bridgehead atoms. The molecule has 1 saturated heterocycles. The second-order valence-corrected chi connectivity index (χ2v) is 9.34. The third-order valence-electron chi connectivity index (χ3n) is 6.52. The van der Waals surface area contributed by atoms with Gasteiger partial charge < -0.3 is 16.0 Å². The Balaban J connectivity index is 1.48. The predicted molar refractivity (Wildman–Crippen MR) is 123 cm³/mol. The summed E-state index contributed by atoms with van der Waals surface area (Å²) in [4.78, 5) is 27.9. The normalized spacial score (nSPS) is 18.0. The molecular formula is C26H31N3O2. The molecule has 2 amide bonds. The van der Waals surface area contributed by atoms with Crippen LogP contribution in [0.4, 0.5) is 0 Å². The van der Waals surface area contributed by atoms with Crippen LogP contribution in [0, 0.1) is 0 Å². The van der Waals surface area contributed by atoms with Gasteiger partial charge in [0, 0.05) is 24.9 Å². The Morgan fingerprint density at radius 1 is 1.06 bits per heavy atom. The maximum atomic E-state index is 13.5. The Labute approximate surface area is 184 Å². The van der Waals surface area contributed by atoms with Crippen LogP contribution in [-0.2, 0) is 21.4 Å². The second-order valence-electron chi connectivity index (χ2n) is 9.34. The number of hydrogen-bond acceptors (Lipinski definition) is 3. The van der Waals surface area contributed by atoms with E-state index in [4.69, 9.17) is 5.73 Å². The largest absolute Gasteiger partial charge is 0.342 e. The van der Waals surface area contributed by atoms with Crippen LogP contribution in [0.3, 0.4) is 0 Å². The van der Waals surface area contributed by atoms with Crippen molar-refractivity contribution in [2.45, 2.75) is 50.1 Å². The summed E-state index contributed by atoms with van der Waals surface area (Å²) in [7, 11) is 0. The summed E-state index contributed by atoms with van der Waals surface area (Å²) in [6.07, 6.45) is 6.74. The molecule has 0 radical (unpaired) electrons. The minimum atomic E-state index is -1.04. The topological polar surface area (TPSA) is 75.4 Å². The third-order valence-corrected chi connectivity index (χ3v) is 6.52. The maximum absolute atomic E-state index is 13.5. The monoisotopic (exact) mass is 417 g/mol. The van der Waals surface area contributed by atoms with Gasteiger partial charge >= 0.3 is 0 Å². The van der Waals surface area contributed by atoms with E-state index in [-0.39, 0.29) is 17.2 Å². The number of piperidine rings is 1. The van der Waals surface area contributed by atoms with Crippen LogP contribution >= 0.6 is 0 Å². The van der Waals surface area contributed by atoms with Crippen LogP contribution in [0.25, 0.3) is 6.08 Å². The van der Waals surface area contributed by atoms with E-state index in [1.54, 1.807) is 13.8 Å². The number of carbonyl (C=O) groups excluding carboxylic acids is 2. The summed E-state index contributed by atoms with van der Waals surface area (Å²) < 4.78 is 0. The van der Waals surface area contributed by atoms with E-state index in [9.17, 15) is 9.59 Å². The molecule has 1 unspecified atom stereocenters.